The van der Waals surface area contributed by atoms with Gasteiger partial charge in [0.05, 0.1) is 17.0 Å². The number of ether oxygens (including phenoxy) is 3. The second-order valence-electron chi connectivity index (χ2n) is 8.60. The molecule has 0 bridgehead atoms. The molecule has 2 heterocycles. The maximum Gasteiger partial charge on any atom is 0.338 e. The summed E-state index contributed by atoms with van der Waals surface area (Å²) in [5.41, 5.74) is 0.840. The minimum Gasteiger partial charge on any atom is -0.486 e. The SMILES string of the molecule is Cc1cc(C(=O)COC(=O)c2ccc(S(C)(=O)=O)c([N+](=O)[O-])c2)c(C)n1C[C@@H]1COc2ccccc2O1. The zero-order chi connectivity index (χ0) is 26.9. The number of ketones is 1. The van der Waals surface area contributed by atoms with Crippen molar-refractivity contribution in [2.75, 3.05) is 19.5 Å². The molecule has 2 aromatic carbocycles. The van der Waals surface area contributed by atoms with E-state index in [1.54, 1.807) is 13.0 Å². The standard InChI is InChI=1S/C25H24N2O9S/c1-15-10-19(16(2)26(15)12-18-13-34-22-6-4-5-7-23(22)36-18)21(28)14-35-25(29)17-8-9-24(37(3,32)33)20(11-17)27(30)31/h4-11,18H,12-14H2,1-3H3/t18-/m1/s1. The number of carbonyl (C=O) groups is 2. The Labute approximate surface area is 212 Å². The zero-order valence-electron chi connectivity index (χ0n) is 20.3. The molecule has 0 fully saturated rings. The lowest BCUT2D eigenvalue weighted by atomic mass is 10.1. The fourth-order valence-electron chi connectivity index (χ4n) is 4.11. The molecule has 37 heavy (non-hydrogen) atoms. The van der Waals surface area contributed by atoms with Crippen LogP contribution in [0.3, 0.4) is 0 Å². The van der Waals surface area contributed by atoms with Gasteiger partial charge in [-0.3, -0.25) is 14.9 Å². The van der Waals surface area contributed by atoms with Gasteiger partial charge in [-0.2, -0.15) is 0 Å². The van der Waals surface area contributed by atoms with Gasteiger partial charge in [0, 0.05) is 29.3 Å². The molecule has 0 amide bonds. The van der Waals surface area contributed by atoms with Gasteiger partial charge in [-0.1, -0.05) is 12.1 Å². The highest BCUT2D eigenvalue weighted by atomic mass is 32.2. The van der Waals surface area contributed by atoms with Crippen molar-refractivity contribution < 1.29 is 37.1 Å². The molecule has 0 saturated carbocycles. The number of Topliss-reactive ketones (excluding diaryl/α,β-unsaturated/α-hetero) is 1. The summed E-state index contributed by atoms with van der Waals surface area (Å²) in [6.07, 6.45) is 0.556. The van der Waals surface area contributed by atoms with Crippen molar-refractivity contribution in [3.63, 3.8) is 0 Å². The average molecular weight is 529 g/mol. The van der Waals surface area contributed by atoms with Crippen molar-refractivity contribution in [1.82, 2.24) is 4.57 Å². The minimum absolute atomic E-state index is 0.243. The third-order valence-corrected chi connectivity index (χ3v) is 7.10. The third-order valence-electron chi connectivity index (χ3n) is 5.95. The fourth-order valence-corrected chi connectivity index (χ4v) is 4.94. The van der Waals surface area contributed by atoms with Crippen molar-refractivity contribution in [2.24, 2.45) is 0 Å². The molecular formula is C25H24N2O9S. The van der Waals surface area contributed by atoms with Crippen LogP contribution in [0.4, 0.5) is 5.69 Å². The average Bonchev–Trinajstić information content (AvgIpc) is 3.14. The lowest BCUT2D eigenvalue weighted by molar-refractivity contribution is -0.387. The molecule has 1 atom stereocenters. The van der Waals surface area contributed by atoms with E-state index in [2.05, 4.69) is 0 Å². The van der Waals surface area contributed by atoms with E-state index in [9.17, 15) is 28.1 Å². The summed E-state index contributed by atoms with van der Waals surface area (Å²) in [5.74, 6) is -0.124. The number of aromatic nitrogens is 1. The predicted molar refractivity (Wildman–Crippen MR) is 131 cm³/mol. The number of para-hydroxylation sites is 2. The molecule has 194 valence electrons. The number of fused-ring (bicyclic) bond motifs is 1. The van der Waals surface area contributed by atoms with E-state index in [1.807, 2.05) is 35.8 Å². The maximum absolute atomic E-state index is 12.8. The summed E-state index contributed by atoms with van der Waals surface area (Å²) in [7, 11) is -3.88. The van der Waals surface area contributed by atoms with Crippen LogP contribution in [-0.2, 0) is 21.1 Å². The zero-order valence-corrected chi connectivity index (χ0v) is 21.1. The highest BCUT2D eigenvalue weighted by Gasteiger charge is 2.26. The molecule has 11 nitrogen and oxygen atoms in total. The topological polar surface area (TPSA) is 144 Å². The van der Waals surface area contributed by atoms with Crippen molar-refractivity contribution in [3.8, 4) is 11.5 Å². The van der Waals surface area contributed by atoms with E-state index in [1.165, 1.54) is 0 Å². The highest BCUT2D eigenvalue weighted by molar-refractivity contribution is 7.90. The molecule has 0 unspecified atom stereocenters. The van der Waals surface area contributed by atoms with Crippen LogP contribution < -0.4 is 9.47 Å². The first-order valence-corrected chi connectivity index (χ1v) is 13.1. The van der Waals surface area contributed by atoms with Gasteiger partial charge in [-0.15, -0.1) is 0 Å². The molecule has 0 radical (unpaired) electrons. The minimum atomic E-state index is -3.88. The van der Waals surface area contributed by atoms with E-state index in [0.29, 0.717) is 35.9 Å². The quantitative estimate of drug-likeness (QED) is 0.186. The molecule has 0 aliphatic carbocycles. The number of carbonyl (C=O) groups excluding carboxylic acids is 2. The molecule has 0 spiro atoms. The van der Waals surface area contributed by atoms with Gasteiger partial charge in [-0.05, 0) is 44.2 Å². The number of aryl methyl sites for hydroxylation is 1. The van der Waals surface area contributed by atoms with Crippen LogP contribution in [0.1, 0.15) is 32.1 Å². The molecule has 0 N–H and O–H groups in total. The first-order valence-electron chi connectivity index (χ1n) is 11.2. The van der Waals surface area contributed by atoms with Crippen LogP contribution in [0, 0.1) is 24.0 Å². The number of nitro benzene ring substituents is 1. The van der Waals surface area contributed by atoms with Crippen molar-refractivity contribution in [2.45, 2.75) is 31.4 Å². The fraction of sp³-hybridized carbons (Fsp3) is 0.280. The Morgan fingerprint density at radius 2 is 1.84 bits per heavy atom. The second kappa shape index (κ2) is 10.1. The van der Waals surface area contributed by atoms with Crippen molar-refractivity contribution >= 4 is 27.3 Å². The molecule has 1 aliphatic rings. The Kier molecular flexibility index (Phi) is 7.03. The molecule has 1 aromatic heterocycles. The van der Waals surface area contributed by atoms with E-state index >= 15 is 0 Å². The van der Waals surface area contributed by atoms with Gasteiger partial charge in [-0.25, -0.2) is 13.2 Å². The Morgan fingerprint density at radius 3 is 2.51 bits per heavy atom. The number of esters is 1. The van der Waals surface area contributed by atoms with Gasteiger partial charge in [0.1, 0.15) is 11.5 Å². The number of rotatable bonds is 8. The molecule has 12 heteroatoms. The Bertz CT molecular complexity index is 1510. The van der Waals surface area contributed by atoms with Crippen LogP contribution in [0.15, 0.2) is 53.4 Å². The number of hydrogen-bond donors (Lipinski definition) is 0. The van der Waals surface area contributed by atoms with E-state index in [-0.39, 0.29) is 11.7 Å². The number of nitro groups is 1. The van der Waals surface area contributed by atoms with Crippen molar-refractivity contribution in [3.05, 3.63) is 81.2 Å². The van der Waals surface area contributed by atoms with Crippen LogP contribution >= 0.6 is 0 Å². The summed E-state index contributed by atoms with van der Waals surface area (Å²) < 4.78 is 42.3. The lowest BCUT2D eigenvalue weighted by Crippen LogP contribution is -2.33. The van der Waals surface area contributed by atoms with Gasteiger partial charge >= 0.3 is 5.97 Å². The first kappa shape index (κ1) is 25.9. The Balaban J connectivity index is 1.44. The Hall–Kier alpha value is -4.19. The molecule has 1 aliphatic heterocycles. The van der Waals surface area contributed by atoms with E-state index in [0.717, 1.165) is 30.1 Å². The maximum atomic E-state index is 12.8. The number of nitrogens with zero attached hydrogens (tertiary/aromatic N) is 2. The van der Waals surface area contributed by atoms with Crippen LogP contribution in [0.25, 0.3) is 0 Å². The van der Waals surface area contributed by atoms with Crippen LogP contribution in [0.2, 0.25) is 0 Å². The molecule has 0 saturated heterocycles. The third kappa shape index (κ3) is 5.48. The van der Waals surface area contributed by atoms with E-state index in [4.69, 9.17) is 14.2 Å². The normalized spacial score (nSPS) is 14.7. The van der Waals surface area contributed by atoms with Gasteiger partial charge in [0.2, 0.25) is 5.78 Å². The Morgan fingerprint density at radius 1 is 1.14 bits per heavy atom. The summed E-state index contributed by atoms with van der Waals surface area (Å²) in [5, 5.41) is 11.3. The highest BCUT2D eigenvalue weighted by Crippen LogP contribution is 2.32. The van der Waals surface area contributed by atoms with Crippen molar-refractivity contribution in [1.29, 1.82) is 0 Å². The lowest BCUT2D eigenvalue weighted by Gasteiger charge is -2.27. The largest absolute Gasteiger partial charge is 0.486 e. The van der Waals surface area contributed by atoms with Gasteiger partial charge in [0.15, 0.2) is 34.0 Å². The van der Waals surface area contributed by atoms with Gasteiger partial charge in [0.25, 0.3) is 5.69 Å². The summed E-state index contributed by atoms with van der Waals surface area (Å²) in [4.78, 5) is 35.2. The summed E-state index contributed by atoms with van der Waals surface area (Å²) >= 11 is 0. The van der Waals surface area contributed by atoms with Crippen LogP contribution in [-0.4, -0.2) is 55.2 Å². The number of hydrogen-bond acceptors (Lipinski definition) is 9. The predicted octanol–water partition coefficient (Wildman–Crippen LogP) is 3.30. The number of sulfone groups is 1. The summed E-state index contributed by atoms with van der Waals surface area (Å²) in [6, 6.07) is 11.9. The molecular weight excluding hydrogens is 504 g/mol. The summed E-state index contributed by atoms with van der Waals surface area (Å²) in [6.45, 7) is 3.80. The van der Waals surface area contributed by atoms with Gasteiger partial charge < -0.3 is 18.8 Å². The number of benzene rings is 2. The monoisotopic (exact) mass is 528 g/mol. The first-order chi connectivity index (χ1) is 17.5. The van der Waals surface area contributed by atoms with E-state index < -0.39 is 43.7 Å². The van der Waals surface area contributed by atoms with Crippen LogP contribution in [0.5, 0.6) is 11.5 Å². The molecule has 4 rings (SSSR count). The molecule has 3 aromatic rings. The second-order valence-corrected chi connectivity index (χ2v) is 10.6. The smallest absolute Gasteiger partial charge is 0.338 e.